The molecule has 1 rings (SSSR count). The van der Waals surface area contributed by atoms with Crippen molar-refractivity contribution in [3.8, 4) is 0 Å². The lowest BCUT2D eigenvalue weighted by atomic mass is 10.8. The summed E-state index contributed by atoms with van der Waals surface area (Å²) >= 11 is 0. The van der Waals surface area contributed by atoms with Crippen LogP contribution in [0.5, 0.6) is 0 Å². The molecule has 2 N–H and O–H groups in total. The van der Waals surface area contributed by atoms with Crippen LogP contribution in [-0.2, 0) is 0 Å². The fourth-order valence-electron chi connectivity index (χ4n) is 0.410. The molecule has 1 saturated carbocycles. The Morgan fingerprint density at radius 3 is 2.33 bits per heavy atom. The second-order valence-electron chi connectivity index (χ2n) is 1.65. The zero-order valence-electron chi connectivity index (χ0n) is 3.59. The highest BCUT2D eigenvalue weighted by Gasteiger charge is 2.30. The van der Waals surface area contributed by atoms with Gasteiger partial charge in [0, 0.05) is 11.7 Å². The first-order valence-corrected chi connectivity index (χ1v) is 3.21. The zero-order valence-corrected chi connectivity index (χ0v) is 4.49. The van der Waals surface area contributed by atoms with Crippen LogP contribution in [0.15, 0.2) is 0 Å². The van der Waals surface area contributed by atoms with Gasteiger partial charge in [0.05, 0.1) is 0 Å². The molecule has 2 heteroatoms. The van der Waals surface area contributed by atoms with Crippen molar-refractivity contribution in [3.05, 3.63) is 0 Å². The van der Waals surface area contributed by atoms with E-state index in [1.807, 2.05) is 0 Å². The van der Waals surface area contributed by atoms with E-state index in [1.54, 1.807) is 0 Å². The average Bonchev–Trinajstić information content (AvgIpc) is 2.19. The Morgan fingerprint density at radius 1 is 1.83 bits per heavy atom. The number of rotatable bonds is 1. The van der Waals surface area contributed by atoms with Crippen LogP contribution in [0, 0.1) is 0 Å². The maximum atomic E-state index is 5.43. The van der Waals surface area contributed by atoms with Crippen LogP contribution in [0.1, 0.15) is 6.42 Å². The van der Waals surface area contributed by atoms with Gasteiger partial charge in [0.1, 0.15) is 0 Å². The Balaban J connectivity index is 2.25. The van der Waals surface area contributed by atoms with Gasteiger partial charge in [-0.05, 0) is 6.42 Å². The van der Waals surface area contributed by atoms with Crippen molar-refractivity contribution in [1.82, 2.24) is 0 Å². The standard InChI is InChI=1S/C4H8NP/c1-6-4-2-3(4)5/h3-4H,1-2,5H2. The lowest BCUT2D eigenvalue weighted by Gasteiger charge is -1.72. The minimum absolute atomic E-state index is 0.490. The molecule has 1 fully saturated rings. The van der Waals surface area contributed by atoms with Gasteiger partial charge in [-0.1, -0.05) is 6.30 Å². The fourth-order valence-corrected chi connectivity index (χ4v) is 1.07. The molecule has 0 aromatic rings. The largest absolute Gasteiger partial charge is 0.327 e. The molecule has 0 aromatic carbocycles. The minimum atomic E-state index is 0.490. The molecular weight excluding hydrogens is 93.0 g/mol. The van der Waals surface area contributed by atoms with Crippen LogP contribution in [0.3, 0.4) is 0 Å². The second-order valence-corrected chi connectivity index (χ2v) is 2.68. The van der Waals surface area contributed by atoms with Gasteiger partial charge in [0.25, 0.3) is 0 Å². The maximum absolute atomic E-state index is 5.43. The lowest BCUT2D eigenvalue weighted by molar-refractivity contribution is 1.07. The summed E-state index contributed by atoms with van der Waals surface area (Å²) in [6, 6.07) is 0.490. The van der Waals surface area contributed by atoms with Crippen molar-refractivity contribution >= 4 is 14.5 Å². The summed E-state index contributed by atoms with van der Waals surface area (Å²) < 4.78 is 0. The molecule has 0 spiro atoms. The van der Waals surface area contributed by atoms with Crippen molar-refractivity contribution in [1.29, 1.82) is 0 Å². The van der Waals surface area contributed by atoms with Gasteiger partial charge in [-0.3, -0.25) is 0 Å². The lowest BCUT2D eigenvalue weighted by Crippen LogP contribution is -2.00. The van der Waals surface area contributed by atoms with Gasteiger partial charge in [0.2, 0.25) is 0 Å². The van der Waals surface area contributed by atoms with E-state index in [4.69, 9.17) is 5.73 Å². The van der Waals surface area contributed by atoms with Gasteiger partial charge in [-0.25, -0.2) is 0 Å². The molecule has 1 nitrogen and oxygen atoms in total. The topological polar surface area (TPSA) is 26.0 Å². The Labute approximate surface area is 39.3 Å². The third-order valence-electron chi connectivity index (χ3n) is 1.04. The van der Waals surface area contributed by atoms with Gasteiger partial charge in [-0.15, -0.1) is 8.20 Å². The van der Waals surface area contributed by atoms with Gasteiger partial charge in [-0.2, -0.15) is 0 Å². The quantitative estimate of drug-likeness (QED) is 0.477. The summed E-state index contributed by atoms with van der Waals surface area (Å²) in [4.78, 5) is 0. The van der Waals surface area contributed by atoms with E-state index in [9.17, 15) is 0 Å². The van der Waals surface area contributed by atoms with Crippen molar-refractivity contribution in [2.24, 2.45) is 5.73 Å². The normalized spacial score (nSPS) is 43.5. The molecule has 2 unspecified atom stereocenters. The fraction of sp³-hybridized carbons (Fsp3) is 0.750. The van der Waals surface area contributed by atoms with Crippen LogP contribution in [-0.4, -0.2) is 18.0 Å². The molecule has 0 bridgehead atoms. The molecule has 0 saturated heterocycles. The first kappa shape index (κ1) is 4.29. The second kappa shape index (κ2) is 1.32. The summed E-state index contributed by atoms with van der Waals surface area (Å²) in [5, 5.41) is 0. The molecule has 6 heavy (non-hydrogen) atoms. The minimum Gasteiger partial charge on any atom is -0.327 e. The number of hydrogen-bond acceptors (Lipinski definition) is 1. The van der Waals surface area contributed by atoms with E-state index >= 15 is 0 Å². The van der Waals surface area contributed by atoms with E-state index in [2.05, 4.69) is 6.30 Å². The van der Waals surface area contributed by atoms with Crippen molar-refractivity contribution in [2.75, 3.05) is 0 Å². The van der Waals surface area contributed by atoms with Crippen LogP contribution >= 0.6 is 8.20 Å². The Hall–Kier alpha value is 0.130. The van der Waals surface area contributed by atoms with Gasteiger partial charge in [0.15, 0.2) is 0 Å². The third-order valence-corrected chi connectivity index (χ3v) is 2.10. The van der Waals surface area contributed by atoms with Crippen molar-refractivity contribution in [3.63, 3.8) is 0 Å². The summed E-state index contributed by atoms with van der Waals surface area (Å²) in [6.07, 6.45) is 4.89. The summed E-state index contributed by atoms with van der Waals surface area (Å²) in [7, 11) is 1.23. The average molecular weight is 101 g/mol. The summed E-state index contributed by atoms with van der Waals surface area (Å²) in [5.41, 5.74) is 6.17. The Morgan fingerprint density at radius 2 is 2.33 bits per heavy atom. The monoisotopic (exact) mass is 101 g/mol. The molecule has 1 aliphatic carbocycles. The van der Waals surface area contributed by atoms with Gasteiger partial charge < -0.3 is 5.73 Å². The van der Waals surface area contributed by atoms with E-state index in [0.717, 1.165) is 5.66 Å². The summed E-state index contributed by atoms with van der Waals surface area (Å²) in [6.45, 7) is 0. The zero-order chi connectivity index (χ0) is 4.57. The van der Waals surface area contributed by atoms with E-state index in [-0.39, 0.29) is 0 Å². The highest BCUT2D eigenvalue weighted by atomic mass is 31.1. The van der Waals surface area contributed by atoms with E-state index in [0.29, 0.717) is 6.04 Å². The van der Waals surface area contributed by atoms with Crippen LogP contribution < -0.4 is 5.73 Å². The van der Waals surface area contributed by atoms with Crippen LogP contribution in [0.25, 0.3) is 0 Å². The molecule has 0 heterocycles. The van der Waals surface area contributed by atoms with Crippen LogP contribution in [0.2, 0.25) is 0 Å². The molecule has 1 aliphatic rings. The van der Waals surface area contributed by atoms with E-state index < -0.39 is 0 Å². The predicted molar refractivity (Wildman–Crippen MR) is 30.4 cm³/mol. The highest BCUT2D eigenvalue weighted by molar-refractivity contribution is 7.38. The SMILES string of the molecule is C=PC1CC1N. The van der Waals surface area contributed by atoms with E-state index in [1.165, 1.54) is 14.6 Å². The maximum Gasteiger partial charge on any atom is 0.0170 e. The molecule has 34 valence electrons. The van der Waals surface area contributed by atoms with Gasteiger partial charge >= 0.3 is 0 Å². The first-order valence-electron chi connectivity index (χ1n) is 2.06. The Bertz CT molecular complexity index is 71.9. The number of nitrogens with two attached hydrogens (primary N) is 1. The predicted octanol–water partition coefficient (Wildman–Crippen LogP) is 0.464. The Kier molecular flexibility index (Phi) is 0.947. The first-order chi connectivity index (χ1) is 2.84. The van der Waals surface area contributed by atoms with Crippen molar-refractivity contribution in [2.45, 2.75) is 18.1 Å². The molecule has 0 amide bonds. The molecule has 0 radical (unpaired) electrons. The third kappa shape index (κ3) is 0.612. The molecule has 0 aliphatic heterocycles. The highest BCUT2D eigenvalue weighted by Crippen LogP contribution is 2.30. The summed E-state index contributed by atoms with van der Waals surface area (Å²) in [5.74, 6) is 0. The van der Waals surface area contributed by atoms with Crippen LogP contribution in [0.4, 0.5) is 0 Å². The number of hydrogen-bond donors (Lipinski definition) is 1. The van der Waals surface area contributed by atoms with Crippen molar-refractivity contribution < 1.29 is 0 Å². The molecule has 2 atom stereocenters. The molecule has 0 aromatic heterocycles. The smallest absolute Gasteiger partial charge is 0.0170 e. The molecular formula is C4H8NP.